The van der Waals surface area contributed by atoms with Crippen LogP contribution >= 0.6 is 22.9 Å². The molecule has 1 N–H and O–H groups in total. The number of thiophene rings is 1. The molecule has 0 aliphatic carbocycles. The number of hydrogen-bond acceptors (Lipinski definition) is 5. The van der Waals surface area contributed by atoms with E-state index in [1.807, 2.05) is 11.8 Å². The summed E-state index contributed by atoms with van der Waals surface area (Å²) in [6.45, 7) is 5.45. The topological polar surface area (TPSA) is 58.6 Å². The predicted molar refractivity (Wildman–Crippen MR) is 82.9 cm³/mol. The third-order valence-corrected chi connectivity index (χ3v) is 4.76. The number of rotatable bonds is 5. The van der Waals surface area contributed by atoms with Crippen LogP contribution in [0.2, 0.25) is 4.34 Å². The van der Waals surface area contributed by atoms with Gasteiger partial charge in [-0.1, -0.05) is 11.6 Å². The zero-order valence-electron chi connectivity index (χ0n) is 12.1. The van der Waals surface area contributed by atoms with Crippen molar-refractivity contribution in [3.8, 4) is 0 Å². The number of nitrogens with zero attached hydrogens (tertiary/aromatic N) is 1. The maximum absolute atomic E-state index is 12.1. The van der Waals surface area contributed by atoms with Gasteiger partial charge >= 0.3 is 5.97 Å². The zero-order chi connectivity index (χ0) is 15.4. The third kappa shape index (κ3) is 4.18. The van der Waals surface area contributed by atoms with E-state index >= 15 is 0 Å². The fourth-order valence-electron chi connectivity index (χ4n) is 2.36. The quantitative estimate of drug-likeness (QED) is 0.840. The van der Waals surface area contributed by atoms with Crippen molar-refractivity contribution in [2.45, 2.75) is 32.4 Å². The highest BCUT2D eigenvalue weighted by molar-refractivity contribution is 7.17. The average molecular weight is 331 g/mol. The molecule has 1 saturated heterocycles. The van der Waals surface area contributed by atoms with Crippen LogP contribution in [0.4, 0.5) is 0 Å². The van der Waals surface area contributed by atoms with Gasteiger partial charge in [0.25, 0.3) is 5.91 Å². The summed E-state index contributed by atoms with van der Waals surface area (Å²) in [6, 6.07) is 3.21. The highest BCUT2D eigenvalue weighted by Gasteiger charge is 2.31. The third-order valence-electron chi connectivity index (χ3n) is 3.53. The molecule has 2 rings (SSSR count). The highest BCUT2D eigenvalue weighted by atomic mass is 35.5. The van der Waals surface area contributed by atoms with Crippen molar-refractivity contribution in [1.82, 2.24) is 10.2 Å². The number of nitrogens with one attached hydrogen (secondary N) is 1. The van der Waals surface area contributed by atoms with E-state index in [1.54, 1.807) is 19.1 Å². The summed E-state index contributed by atoms with van der Waals surface area (Å²) in [5.74, 6) is -0.322. The average Bonchev–Trinajstić information content (AvgIpc) is 3.07. The number of amides is 1. The molecule has 0 radical (unpaired) electrons. The SMILES string of the molecule is CCOC(=O)C(C)N1CC[C@@H](NC(=O)c2ccc(Cl)s2)C1. The molecule has 1 unspecified atom stereocenters. The molecule has 0 bridgehead atoms. The molecule has 5 nitrogen and oxygen atoms in total. The Bertz CT molecular complexity index is 520. The van der Waals surface area contributed by atoms with Gasteiger partial charge in [-0.25, -0.2) is 0 Å². The van der Waals surface area contributed by atoms with Gasteiger partial charge in [0.05, 0.1) is 15.8 Å². The fraction of sp³-hybridized carbons (Fsp3) is 0.571. The van der Waals surface area contributed by atoms with Gasteiger partial charge in [-0.2, -0.15) is 0 Å². The molecule has 1 amide bonds. The predicted octanol–water partition coefficient (Wildman–Crippen LogP) is 2.16. The van der Waals surface area contributed by atoms with Crippen molar-refractivity contribution < 1.29 is 14.3 Å². The molecule has 116 valence electrons. The lowest BCUT2D eigenvalue weighted by atomic mass is 10.2. The second-order valence-electron chi connectivity index (χ2n) is 4.99. The number of carbonyl (C=O) groups is 2. The van der Waals surface area contributed by atoms with Gasteiger partial charge in [0.1, 0.15) is 6.04 Å². The molecule has 7 heteroatoms. The van der Waals surface area contributed by atoms with Crippen LogP contribution in [0.25, 0.3) is 0 Å². The Labute approximate surface area is 133 Å². The molecule has 1 fully saturated rings. The van der Waals surface area contributed by atoms with Crippen molar-refractivity contribution in [3.05, 3.63) is 21.3 Å². The molecule has 2 heterocycles. The van der Waals surface area contributed by atoms with E-state index in [0.29, 0.717) is 22.4 Å². The molecule has 1 aromatic heterocycles. The van der Waals surface area contributed by atoms with E-state index in [0.717, 1.165) is 13.0 Å². The fourth-order valence-corrected chi connectivity index (χ4v) is 3.31. The number of carbonyl (C=O) groups excluding carboxylic acids is 2. The summed E-state index contributed by atoms with van der Waals surface area (Å²) in [7, 11) is 0. The first-order valence-electron chi connectivity index (χ1n) is 6.98. The molecular formula is C14H19ClN2O3S. The summed E-state index contributed by atoms with van der Waals surface area (Å²) in [4.78, 5) is 26.4. The Morgan fingerprint density at radius 3 is 2.95 bits per heavy atom. The molecule has 0 aromatic carbocycles. The summed E-state index contributed by atoms with van der Waals surface area (Å²) in [5, 5.41) is 2.98. The monoisotopic (exact) mass is 330 g/mol. The molecule has 0 saturated carbocycles. The molecular weight excluding hydrogens is 312 g/mol. The lowest BCUT2D eigenvalue weighted by molar-refractivity contribution is -0.148. The van der Waals surface area contributed by atoms with Crippen LogP contribution in [-0.4, -0.2) is 48.6 Å². The molecule has 1 aromatic rings. The Kier molecular flexibility index (Phi) is 5.61. The second-order valence-corrected chi connectivity index (χ2v) is 6.70. The molecule has 21 heavy (non-hydrogen) atoms. The second kappa shape index (κ2) is 7.24. The van der Waals surface area contributed by atoms with Crippen LogP contribution in [-0.2, 0) is 9.53 Å². The van der Waals surface area contributed by atoms with Crippen molar-refractivity contribution in [3.63, 3.8) is 0 Å². The highest BCUT2D eigenvalue weighted by Crippen LogP contribution is 2.22. The van der Waals surface area contributed by atoms with Gasteiger partial charge in [0.2, 0.25) is 0 Å². The minimum atomic E-state index is -0.275. The summed E-state index contributed by atoms with van der Waals surface area (Å²) in [5.41, 5.74) is 0. The van der Waals surface area contributed by atoms with Crippen molar-refractivity contribution in [1.29, 1.82) is 0 Å². The van der Waals surface area contributed by atoms with Crippen LogP contribution in [0.15, 0.2) is 12.1 Å². The van der Waals surface area contributed by atoms with E-state index in [9.17, 15) is 9.59 Å². The van der Waals surface area contributed by atoms with E-state index < -0.39 is 0 Å². The van der Waals surface area contributed by atoms with Crippen LogP contribution in [0.1, 0.15) is 29.9 Å². The van der Waals surface area contributed by atoms with Crippen LogP contribution in [0.5, 0.6) is 0 Å². The van der Waals surface area contributed by atoms with Gasteiger partial charge < -0.3 is 10.1 Å². The smallest absolute Gasteiger partial charge is 0.323 e. The zero-order valence-corrected chi connectivity index (χ0v) is 13.7. The first-order chi connectivity index (χ1) is 10.0. The number of halogens is 1. The first kappa shape index (κ1) is 16.3. The number of likely N-dealkylation sites (tertiary alicyclic amines) is 1. The maximum Gasteiger partial charge on any atom is 0.323 e. The minimum absolute atomic E-state index is 0.0512. The first-order valence-corrected chi connectivity index (χ1v) is 8.17. The Morgan fingerprint density at radius 1 is 1.57 bits per heavy atom. The van der Waals surface area contributed by atoms with Crippen molar-refractivity contribution in [2.75, 3.05) is 19.7 Å². The molecule has 0 spiro atoms. The van der Waals surface area contributed by atoms with Gasteiger partial charge in [-0.15, -0.1) is 11.3 Å². The van der Waals surface area contributed by atoms with Gasteiger partial charge in [0, 0.05) is 19.1 Å². The molecule has 2 atom stereocenters. The lowest BCUT2D eigenvalue weighted by Gasteiger charge is -2.22. The lowest BCUT2D eigenvalue weighted by Crippen LogP contribution is -2.42. The molecule has 1 aliphatic heterocycles. The summed E-state index contributed by atoms with van der Waals surface area (Å²) < 4.78 is 5.62. The van der Waals surface area contributed by atoms with Crippen LogP contribution < -0.4 is 5.32 Å². The number of hydrogen-bond donors (Lipinski definition) is 1. The Hall–Kier alpha value is -1.11. The van der Waals surface area contributed by atoms with Gasteiger partial charge in [-0.05, 0) is 32.4 Å². The van der Waals surface area contributed by atoms with Crippen molar-refractivity contribution in [2.24, 2.45) is 0 Å². The Morgan fingerprint density at radius 2 is 2.33 bits per heavy atom. The van der Waals surface area contributed by atoms with Gasteiger partial charge in [-0.3, -0.25) is 14.5 Å². The summed E-state index contributed by atoms with van der Waals surface area (Å²) in [6.07, 6.45) is 0.828. The number of esters is 1. The minimum Gasteiger partial charge on any atom is -0.465 e. The van der Waals surface area contributed by atoms with Crippen molar-refractivity contribution >= 4 is 34.8 Å². The van der Waals surface area contributed by atoms with E-state index in [4.69, 9.17) is 16.3 Å². The normalized spacial score (nSPS) is 20.2. The largest absolute Gasteiger partial charge is 0.465 e. The van der Waals surface area contributed by atoms with E-state index in [2.05, 4.69) is 5.32 Å². The Balaban J connectivity index is 1.85. The number of ether oxygens (including phenoxy) is 1. The van der Waals surface area contributed by atoms with Gasteiger partial charge in [0.15, 0.2) is 0 Å². The molecule has 1 aliphatic rings. The maximum atomic E-state index is 12.1. The van der Waals surface area contributed by atoms with Crippen LogP contribution in [0.3, 0.4) is 0 Å². The summed E-state index contributed by atoms with van der Waals surface area (Å²) >= 11 is 7.09. The van der Waals surface area contributed by atoms with E-state index in [-0.39, 0.29) is 24.0 Å². The van der Waals surface area contributed by atoms with E-state index in [1.165, 1.54) is 11.3 Å². The standard InChI is InChI=1S/C14H19ClN2O3S/c1-3-20-14(19)9(2)17-7-6-10(8-17)16-13(18)11-4-5-12(15)21-11/h4-5,9-10H,3,6-8H2,1-2H3,(H,16,18)/t9?,10-/m1/s1. The van der Waals surface area contributed by atoms with Crippen LogP contribution in [0, 0.1) is 0 Å².